The number of aliphatic carboxylic acids is 1. The van der Waals surface area contributed by atoms with Gasteiger partial charge in [0.25, 0.3) is 5.91 Å². The van der Waals surface area contributed by atoms with Crippen LogP contribution in [0.15, 0.2) is 53.2 Å². The van der Waals surface area contributed by atoms with Gasteiger partial charge in [0.15, 0.2) is 5.82 Å². The number of hydrogen-bond acceptors (Lipinski definition) is 4. The van der Waals surface area contributed by atoms with Gasteiger partial charge < -0.3 is 16.2 Å². The van der Waals surface area contributed by atoms with Gasteiger partial charge >= 0.3 is 5.97 Å². The number of nitrogens with one attached hydrogen (secondary N) is 1. The maximum atomic E-state index is 14.6. The van der Waals surface area contributed by atoms with Crippen LogP contribution in [0.3, 0.4) is 0 Å². The predicted molar refractivity (Wildman–Crippen MR) is 131 cm³/mol. The number of nitrogens with two attached hydrogens (primary N) is 1. The molecule has 0 saturated heterocycles. The number of hydrogen-bond donors (Lipinski definition) is 3. The van der Waals surface area contributed by atoms with Gasteiger partial charge in [0.1, 0.15) is 0 Å². The number of amides is 1. The molecule has 0 fully saturated rings. The minimum absolute atomic E-state index is 0.0720. The van der Waals surface area contributed by atoms with Crippen LogP contribution in [0.5, 0.6) is 0 Å². The number of nitrogens with zero attached hydrogens (tertiary/aromatic N) is 1. The summed E-state index contributed by atoms with van der Waals surface area (Å²) < 4.78 is 14.6. The van der Waals surface area contributed by atoms with E-state index in [0.717, 1.165) is 25.1 Å². The van der Waals surface area contributed by atoms with Gasteiger partial charge in [-0.3, -0.25) is 14.6 Å². The number of carbonyl (C=O) groups is 2. The number of carboxylic acids is 1. The van der Waals surface area contributed by atoms with Crippen molar-refractivity contribution in [2.45, 2.75) is 33.1 Å². The molecule has 33 heavy (non-hydrogen) atoms. The van der Waals surface area contributed by atoms with Crippen molar-refractivity contribution in [2.24, 2.45) is 16.6 Å². The fraction of sp³-hybridized carbons (Fsp3) is 0.292. The topological polar surface area (TPSA) is 105 Å². The minimum Gasteiger partial charge on any atom is -0.481 e. The van der Waals surface area contributed by atoms with Crippen molar-refractivity contribution in [3.8, 4) is 0 Å². The first-order valence-corrected chi connectivity index (χ1v) is 11.1. The van der Waals surface area contributed by atoms with E-state index in [0.29, 0.717) is 12.3 Å². The summed E-state index contributed by atoms with van der Waals surface area (Å²) in [6.45, 7) is 4.23. The summed E-state index contributed by atoms with van der Waals surface area (Å²) in [6, 6.07) is 11.1. The molecule has 0 heterocycles. The van der Waals surface area contributed by atoms with Gasteiger partial charge in [-0.15, -0.1) is 0 Å². The third-order valence-corrected chi connectivity index (χ3v) is 5.68. The lowest BCUT2D eigenvalue weighted by Crippen LogP contribution is -2.26. The molecule has 0 aromatic heterocycles. The van der Waals surface area contributed by atoms with Crippen molar-refractivity contribution in [2.75, 3.05) is 11.9 Å². The highest BCUT2D eigenvalue weighted by molar-refractivity contribution is 6.43. The summed E-state index contributed by atoms with van der Waals surface area (Å²) in [5.41, 5.74) is 7.27. The first-order chi connectivity index (χ1) is 15.6. The van der Waals surface area contributed by atoms with Crippen LogP contribution in [0.25, 0.3) is 0 Å². The van der Waals surface area contributed by atoms with Crippen LogP contribution in [0, 0.1) is 11.7 Å². The molecule has 0 radical (unpaired) electrons. The molecule has 4 N–H and O–H groups in total. The van der Waals surface area contributed by atoms with Crippen molar-refractivity contribution in [1.29, 1.82) is 0 Å². The molecule has 6 nitrogen and oxygen atoms in total. The lowest BCUT2D eigenvalue weighted by Gasteiger charge is -2.16. The van der Waals surface area contributed by atoms with E-state index in [1.165, 1.54) is 5.56 Å². The first-order valence-electron chi connectivity index (χ1n) is 10.4. The summed E-state index contributed by atoms with van der Waals surface area (Å²) >= 11 is 11.9. The zero-order chi connectivity index (χ0) is 24.5. The zero-order valence-electron chi connectivity index (χ0n) is 18.4. The Labute approximate surface area is 202 Å². The van der Waals surface area contributed by atoms with Crippen molar-refractivity contribution < 1.29 is 19.1 Å². The Morgan fingerprint density at radius 1 is 1.21 bits per heavy atom. The highest BCUT2D eigenvalue weighted by atomic mass is 35.5. The van der Waals surface area contributed by atoms with E-state index in [4.69, 9.17) is 34.0 Å². The molecule has 0 spiro atoms. The average molecular weight is 494 g/mol. The third kappa shape index (κ3) is 7.30. The quantitative estimate of drug-likeness (QED) is 0.181. The van der Waals surface area contributed by atoms with E-state index < -0.39 is 29.1 Å². The molecule has 2 aromatic carbocycles. The molecule has 0 atom stereocenters. The van der Waals surface area contributed by atoms with E-state index >= 15 is 0 Å². The molecular formula is C24H26Cl2FN3O3. The lowest BCUT2D eigenvalue weighted by atomic mass is 9.99. The number of aliphatic imine (C=N–C) groups is 1. The van der Waals surface area contributed by atoms with Crippen LogP contribution in [-0.4, -0.2) is 29.2 Å². The number of carboxylic acid groups (broad SMARTS) is 1. The second-order valence-corrected chi connectivity index (χ2v) is 8.40. The molecule has 0 bridgehead atoms. The fourth-order valence-corrected chi connectivity index (χ4v) is 3.64. The molecule has 2 rings (SSSR count). The Kier molecular flexibility index (Phi) is 9.88. The molecule has 0 aliphatic rings. The third-order valence-electron chi connectivity index (χ3n) is 4.79. The summed E-state index contributed by atoms with van der Waals surface area (Å²) in [4.78, 5) is 28.6. The van der Waals surface area contributed by atoms with Gasteiger partial charge in [-0.2, -0.15) is 0 Å². The molecule has 0 saturated carbocycles. The molecule has 0 unspecified atom stereocenters. The summed E-state index contributed by atoms with van der Waals surface area (Å²) in [5.74, 6) is -2.95. The number of aryl methyl sites for hydroxylation is 1. The summed E-state index contributed by atoms with van der Waals surface area (Å²) in [6.07, 6.45) is 2.25. The number of rotatable bonds is 10. The largest absolute Gasteiger partial charge is 0.481 e. The Hall–Kier alpha value is -2.90. The highest BCUT2D eigenvalue weighted by Gasteiger charge is 2.23. The van der Waals surface area contributed by atoms with E-state index in [1.807, 2.05) is 44.2 Å². The van der Waals surface area contributed by atoms with Crippen LogP contribution in [-0.2, 0) is 22.4 Å². The van der Waals surface area contributed by atoms with E-state index in [1.54, 1.807) is 0 Å². The van der Waals surface area contributed by atoms with Gasteiger partial charge in [0, 0.05) is 12.7 Å². The van der Waals surface area contributed by atoms with Crippen LogP contribution >= 0.6 is 23.2 Å². The zero-order valence-corrected chi connectivity index (χ0v) is 19.9. The van der Waals surface area contributed by atoms with Crippen molar-refractivity contribution in [1.82, 2.24) is 0 Å². The van der Waals surface area contributed by atoms with Crippen molar-refractivity contribution in [3.63, 3.8) is 0 Å². The smallest absolute Gasteiger partial charge is 0.307 e. The Morgan fingerprint density at radius 2 is 1.88 bits per heavy atom. The summed E-state index contributed by atoms with van der Waals surface area (Å²) in [7, 11) is 0. The SMILES string of the molecule is CC(C)C(=NCCCc1ccccc1)C(=CN)C(=O)Nc1cc(CC(=O)O)c(Cl)c(Cl)c1F. The normalized spacial score (nSPS) is 12.2. The molecule has 176 valence electrons. The highest BCUT2D eigenvalue weighted by Crippen LogP contribution is 2.34. The van der Waals surface area contributed by atoms with Gasteiger partial charge in [0.2, 0.25) is 0 Å². The molecule has 9 heteroatoms. The Bertz CT molecular complexity index is 1070. The fourth-order valence-electron chi connectivity index (χ4n) is 3.21. The monoisotopic (exact) mass is 493 g/mol. The second kappa shape index (κ2) is 12.4. The Morgan fingerprint density at radius 3 is 2.45 bits per heavy atom. The first kappa shape index (κ1) is 26.4. The maximum absolute atomic E-state index is 14.6. The van der Waals surface area contributed by atoms with Crippen LogP contribution in [0.2, 0.25) is 10.0 Å². The number of benzene rings is 2. The number of anilines is 1. The van der Waals surface area contributed by atoms with E-state index in [2.05, 4.69) is 10.3 Å². The lowest BCUT2D eigenvalue weighted by molar-refractivity contribution is -0.136. The van der Waals surface area contributed by atoms with Crippen LogP contribution in [0.4, 0.5) is 10.1 Å². The van der Waals surface area contributed by atoms with Gasteiger partial charge in [-0.05, 0) is 36.0 Å². The standard InChI is InChI=1S/C24H26Cl2FN3O3/c1-14(2)23(29-10-6-9-15-7-4-3-5-8-15)17(13-28)24(33)30-18-11-16(12-19(31)32)20(25)21(26)22(18)27/h3-5,7-8,11,13-14H,6,9-10,12,28H2,1-2H3,(H,30,33)(H,31,32). The molecule has 2 aromatic rings. The molecule has 0 aliphatic carbocycles. The molecular weight excluding hydrogens is 468 g/mol. The Balaban J connectivity index is 2.21. The van der Waals surface area contributed by atoms with Gasteiger partial charge in [0.05, 0.1) is 33.4 Å². The van der Waals surface area contributed by atoms with Crippen LogP contribution in [0.1, 0.15) is 31.4 Å². The molecule has 0 aliphatic heterocycles. The van der Waals surface area contributed by atoms with E-state index in [9.17, 15) is 14.0 Å². The van der Waals surface area contributed by atoms with Gasteiger partial charge in [-0.25, -0.2) is 4.39 Å². The van der Waals surface area contributed by atoms with Gasteiger partial charge in [-0.1, -0.05) is 67.4 Å². The number of carbonyl (C=O) groups excluding carboxylic acids is 1. The summed E-state index contributed by atoms with van der Waals surface area (Å²) in [5, 5.41) is 10.8. The number of halogens is 3. The minimum atomic E-state index is -1.18. The predicted octanol–water partition coefficient (Wildman–Crippen LogP) is 5.27. The second-order valence-electron chi connectivity index (χ2n) is 7.64. The van der Waals surface area contributed by atoms with Crippen LogP contribution < -0.4 is 11.1 Å². The van der Waals surface area contributed by atoms with Crippen molar-refractivity contribution >= 4 is 46.5 Å². The van der Waals surface area contributed by atoms with E-state index in [-0.39, 0.29) is 27.8 Å². The van der Waals surface area contributed by atoms with Crippen molar-refractivity contribution in [3.05, 3.63) is 75.2 Å². The molecule has 1 amide bonds. The average Bonchev–Trinajstić information content (AvgIpc) is 2.77. The maximum Gasteiger partial charge on any atom is 0.307 e.